The first kappa shape index (κ1) is 20.8. The molecular formula is C16H28IN3O2. The maximum absolute atomic E-state index is 5.31. The summed E-state index contributed by atoms with van der Waals surface area (Å²) in [5.74, 6) is 2.35. The molecule has 2 N–H and O–H groups in total. The molecule has 126 valence electrons. The summed E-state index contributed by atoms with van der Waals surface area (Å²) in [4.78, 5) is 4.22. The van der Waals surface area contributed by atoms with Gasteiger partial charge in [-0.2, -0.15) is 0 Å². The highest BCUT2D eigenvalue weighted by Gasteiger charge is 2.05. The molecule has 0 amide bonds. The third-order valence-electron chi connectivity index (χ3n) is 3.37. The zero-order valence-electron chi connectivity index (χ0n) is 14.1. The molecule has 5 nitrogen and oxygen atoms in total. The molecule has 1 aromatic rings. The third kappa shape index (κ3) is 6.72. The maximum Gasteiger partial charge on any atom is 0.191 e. The van der Waals surface area contributed by atoms with E-state index in [1.807, 2.05) is 18.2 Å². The second kappa shape index (κ2) is 11.4. The Balaban J connectivity index is 0.00000441. The fraction of sp³-hybridized carbons (Fsp3) is 0.562. The van der Waals surface area contributed by atoms with Gasteiger partial charge in [0.05, 0.1) is 14.2 Å². The van der Waals surface area contributed by atoms with Crippen LogP contribution in [0.3, 0.4) is 0 Å². The molecule has 0 spiro atoms. The Hall–Kier alpha value is -1.18. The Labute approximate surface area is 150 Å². The van der Waals surface area contributed by atoms with Crippen molar-refractivity contribution >= 4 is 29.9 Å². The molecule has 0 radical (unpaired) electrons. The van der Waals surface area contributed by atoms with E-state index >= 15 is 0 Å². The van der Waals surface area contributed by atoms with Crippen LogP contribution in [0.1, 0.15) is 25.8 Å². The van der Waals surface area contributed by atoms with Crippen LogP contribution in [0, 0.1) is 0 Å². The largest absolute Gasteiger partial charge is 0.493 e. The molecule has 0 aliphatic carbocycles. The Morgan fingerprint density at radius 1 is 1.23 bits per heavy atom. The Morgan fingerprint density at radius 2 is 1.91 bits per heavy atom. The number of benzene rings is 1. The summed E-state index contributed by atoms with van der Waals surface area (Å²) < 4.78 is 10.5. The molecule has 0 fully saturated rings. The van der Waals surface area contributed by atoms with Crippen molar-refractivity contribution in [2.75, 3.05) is 27.8 Å². The zero-order valence-corrected chi connectivity index (χ0v) is 16.4. The summed E-state index contributed by atoms with van der Waals surface area (Å²) >= 11 is 0. The summed E-state index contributed by atoms with van der Waals surface area (Å²) in [6.07, 6.45) is 1.96. The van der Waals surface area contributed by atoms with E-state index < -0.39 is 0 Å². The van der Waals surface area contributed by atoms with Crippen molar-refractivity contribution < 1.29 is 9.47 Å². The molecule has 0 bridgehead atoms. The van der Waals surface area contributed by atoms with Crippen LogP contribution in [-0.2, 0) is 6.42 Å². The monoisotopic (exact) mass is 421 g/mol. The first-order chi connectivity index (χ1) is 10.1. The first-order valence-corrected chi connectivity index (χ1v) is 7.32. The predicted molar refractivity (Wildman–Crippen MR) is 103 cm³/mol. The summed E-state index contributed by atoms with van der Waals surface area (Å²) in [5, 5.41) is 6.65. The van der Waals surface area contributed by atoms with Crippen molar-refractivity contribution in [3.05, 3.63) is 23.8 Å². The number of rotatable bonds is 7. The van der Waals surface area contributed by atoms with Gasteiger partial charge in [0.1, 0.15) is 0 Å². The molecular weight excluding hydrogens is 393 g/mol. The maximum atomic E-state index is 5.31. The number of aliphatic imine (C=N–C) groups is 1. The SMILES string of the molecule is CCC(C)NC(=NC)NCCc1ccc(OC)c(OC)c1.I. The summed E-state index contributed by atoms with van der Waals surface area (Å²) in [6.45, 7) is 5.10. The molecule has 1 rings (SSSR count). The lowest BCUT2D eigenvalue weighted by molar-refractivity contribution is 0.354. The normalized spacial score (nSPS) is 12.1. The molecule has 0 heterocycles. The molecule has 0 aliphatic heterocycles. The van der Waals surface area contributed by atoms with Gasteiger partial charge in [-0.15, -0.1) is 24.0 Å². The number of ether oxygens (including phenoxy) is 2. The van der Waals surface area contributed by atoms with Crippen molar-refractivity contribution in [2.45, 2.75) is 32.7 Å². The predicted octanol–water partition coefficient (Wildman–Crippen LogP) is 2.83. The average Bonchev–Trinajstić information content (AvgIpc) is 2.53. The van der Waals surface area contributed by atoms with E-state index in [-0.39, 0.29) is 24.0 Å². The van der Waals surface area contributed by atoms with Gasteiger partial charge in [-0.1, -0.05) is 13.0 Å². The van der Waals surface area contributed by atoms with E-state index in [2.05, 4.69) is 29.5 Å². The van der Waals surface area contributed by atoms with Gasteiger partial charge in [-0.05, 0) is 37.5 Å². The van der Waals surface area contributed by atoms with Gasteiger partial charge in [0, 0.05) is 19.6 Å². The Morgan fingerprint density at radius 3 is 2.45 bits per heavy atom. The Bertz CT molecular complexity index is 467. The van der Waals surface area contributed by atoms with Gasteiger partial charge in [0.25, 0.3) is 0 Å². The van der Waals surface area contributed by atoms with E-state index in [1.165, 1.54) is 5.56 Å². The zero-order chi connectivity index (χ0) is 15.7. The van der Waals surface area contributed by atoms with Gasteiger partial charge < -0.3 is 20.1 Å². The topological polar surface area (TPSA) is 54.9 Å². The standard InChI is InChI=1S/C16H27N3O2.HI/c1-6-12(2)19-16(17-3)18-10-9-13-7-8-14(20-4)15(11-13)21-5;/h7-8,11-12H,6,9-10H2,1-5H3,(H2,17,18,19);1H. The highest BCUT2D eigenvalue weighted by Crippen LogP contribution is 2.27. The quantitative estimate of drug-likeness (QED) is 0.404. The van der Waals surface area contributed by atoms with Crippen LogP contribution in [0.5, 0.6) is 11.5 Å². The number of hydrogen-bond acceptors (Lipinski definition) is 3. The summed E-state index contributed by atoms with van der Waals surface area (Å²) in [5.41, 5.74) is 1.19. The van der Waals surface area contributed by atoms with Crippen LogP contribution in [0.4, 0.5) is 0 Å². The molecule has 6 heteroatoms. The second-order valence-electron chi connectivity index (χ2n) is 4.89. The van der Waals surface area contributed by atoms with Gasteiger partial charge in [0.15, 0.2) is 17.5 Å². The summed E-state index contributed by atoms with van der Waals surface area (Å²) in [6, 6.07) is 6.40. The lowest BCUT2D eigenvalue weighted by Gasteiger charge is -2.16. The molecule has 0 saturated carbocycles. The number of nitrogens with zero attached hydrogens (tertiary/aromatic N) is 1. The molecule has 0 saturated heterocycles. The molecule has 0 aromatic heterocycles. The number of guanidine groups is 1. The molecule has 1 atom stereocenters. The van der Waals surface area contributed by atoms with Crippen LogP contribution in [-0.4, -0.2) is 39.8 Å². The highest BCUT2D eigenvalue weighted by atomic mass is 127. The van der Waals surface area contributed by atoms with Crippen LogP contribution < -0.4 is 20.1 Å². The minimum atomic E-state index is 0. The molecule has 22 heavy (non-hydrogen) atoms. The van der Waals surface area contributed by atoms with E-state index in [4.69, 9.17) is 9.47 Å². The second-order valence-corrected chi connectivity index (χ2v) is 4.89. The van der Waals surface area contributed by atoms with Crippen molar-refractivity contribution in [1.82, 2.24) is 10.6 Å². The number of hydrogen-bond donors (Lipinski definition) is 2. The lowest BCUT2D eigenvalue weighted by atomic mass is 10.1. The minimum absolute atomic E-state index is 0. The van der Waals surface area contributed by atoms with Gasteiger partial charge >= 0.3 is 0 Å². The average molecular weight is 421 g/mol. The first-order valence-electron chi connectivity index (χ1n) is 7.32. The van der Waals surface area contributed by atoms with Gasteiger partial charge in [-0.25, -0.2) is 0 Å². The van der Waals surface area contributed by atoms with Gasteiger partial charge in [-0.3, -0.25) is 4.99 Å². The van der Waals surface area contributed by atoms with Crippen molar-refractivity contribution in [3.63, 3.8) is 0 Å². The van der Waals surface area contributed by atoms with Crippen LogP contribution >= 0.6 is 24.0 Å². The smallest absolute Gasteiger partial charge is 0.191 e. The van der Waals surface area contributed by atoms with Crippen LogP contribution in [0.2, 0.25) is 0 Å². The number of halogens is 1. The fourth-order valence-electron chi connectivity index (χ4n) is 1.89. The van der Waals surface area contributed by atoms with E-state index in [9.17, 15) is 0 Å². The molecule has 1 aromatic carbocycles. The summed E-state index contributed by atoms with van der Waals surface area (Å²) in [7, 11) is 5.08. The molecule has 0 aliphatic rings. The highest BCUT2D eigenvalue weighted by molar-refractivity contribution is 14.0. The van der Waals surface area contributed by atoms with E-state index in [0.29, 0.717) is 6.04 Å². The van der Waals surface area contributed by atoms with Crippen LogP contribution in [0.15, 0.2) is 23.2 Å². The third-order valence-corrected chi connectivity index (χ3v) is 3.37. The minimum Gasteiger partial charge on any atom is -0.493 e. The van der Waals surface area contributed by atoms with Crippen molar-refractivity contribution in [3.8, 4) is 11.5 Å². The fourth-order valence-corrected chi connectivity index (χ4v) is 1.89. The number of nitrogens with one attached hydrogen (secondary N) is 2. The van der Waals surface area contributed by atoms with E-state index in [0.717, 1.165) is 36.8 Å². The molecule has 1 unspecified atom stereocenters. The van der Waals surface area contributed by atoms with E-state index in [1.54, 1.807) is 21.3 Å². The number of methoxy groups -OCH3 is 2. The lowest BCUT2D eigenvalue weighted by Crippen LogP contribution is -2.42. The van der Waals surface area contributed by atoms with Crippen molar-refractivity contribution in [1.29, 1.82) is 0 Å². The van der Waals surface area contributed by atoms with Crippen LogP contribution in [0.25, 0.3) is 0 Å². The van der Waals surface area contributed by atoms with Gasteiger partial charge in [0.2, 0.25) is 0 Å². The Kier molecular flexibility index (Phi) is 10.8. The van der Waals surface area contributed by atoms with Crippen molar-refractivity contribution in [2.24, 2.45) is 4.99 Å².